The molecule has 3 aromatic heterocycles. The number of nitrogens with zero attached hydrogens (tertiary/aromatic N) is 7. The van der Waals surface area contributed by atoms with E-state index in [1.54, 1.807) is 41.0 Å². The molecular weight excluding hydrogens is 404 g/mol. The monoisotopic (exact) mass is 424 g/mol. The summed E-state index contributed by atoms with van der Waals surface area (Å²) in [6.45, 7) is 1.44. The van der Waals surface area contributed by atoms with Crippen LogP contribution >= 0.6 is 0 Å². The predicted molar refractivity (Wildman–Crippen MR) is 118 cm³/mol. The Morgan fingerprint density at radius 2 is 1.94 bits per heavy atom. The number of rotatable bonds is 3. The summed E-state index contributed by atoms with van der Waals surface area (Å²) >= 11 is 0. The second-order valence-electron chi connectivity index (χ2n) is 7.63. The molecule has 0 aliphatic carbocycles. The summed E-state index contributed by atoms with van der Waals surface area (Å²) in [7, 11) is 0. The number of nitriles is 1. The van der Waals surface area contributed by atoms with E-state index in [9.17, 15) is 10.1 Å². The Hall–Kier alpha value is -4.32. The summed E-state index contributed by atoms with van der Waals surface area (Å²) in [6, 6.07) is 12.8. The topological polar surface area (TPSA) is 126 Å². The second-order valence-corrected chi connectivity index (χ2v) is 7.63. The molecule has 1 amide bonds. The van der Waals surface area contributed by atoms with Crippen molar-refractivity contribution in [3.8, 4) is 28.7 Å². The molecule has 0 atom stereocenters. The molecule has 5 rings (SSSR count). The van der Waals surface area contributed by atoms with Gasteiger partial charge in [-0.3, -0.25) is 4.79 Å². The summed E-state index contributed by atoms with van der Waals surface area (Å²) in [5.41, 5.74) is 9.75. The quantitative estimate of drug-likeness (QED) is 0.536. The van der Waals surface area contributed by atoms with E-state index >= 15 is 0 Å². The lowest BCUT2D eigenvalue weighted by Gasteiger charge is -2.25. The molecule has 158 valence electrons. The molecule has 1 aromatic carbocycles. The molecule has 0 spiro atoms. The van der Waals surface area contributed by atoms with E-state index in [-0.39, 0.29) is 11.7 Å². The second kappa shape index (κ2) is 8.07. The van der Waals surface area contributed by atoms with Crippen LogP contribution in [0.1, 0.15) is 35.3 Å². The third kappa shape index (κ3) is 3.32. The number of anilines is 1. The average molecular weight is 424 g/mol. The number of hydrogen-bond acceptors (Lipinski definition) is 7. The van der Waals surface area contributed by atoms with Crippen molar-refractivity contribution in [2.45, 2.75) is 19.3 Å². The van der Waals surface area contributed by atoms with Gasteiger partial charge in [0.2, 0.25) is 0 Å². The Morgan fingerprint density at radius 1 is 1.12 bits per heavy atom. The molecule has 4 heterocycles. The molecule has 1 aliphatic rings. The van der Waals surface area contributed by atoms with Crippen LogP contribution < -0.4 is 5.73 Å². The molecular formula is C23H20N8O. The van der Waals surface area contributed by atoms with Crippen molar-refractivity contribution >= 4 is 17.2 Å². The van der Waals surface area contributed by atoms with Crippen molar-refractivity contribution in [1.82, 2.24) is 29.5 Å². The van der Waals surface area contributed by atoms with Gasteiger partial charge in [-0.15, -0.1) is 0 Å². The number of fused-ring (bicyclic) bond motifs is 1. The summed E-state index contributed by atoms with van der Waals surface area (Å²) < 4.78 is 1.60. The molecule has 9 heteroatoms. The first-order chi connectivity index (χ1) is 15.7. The molecule has 1 fully saturated rings. The molecule has 0 unspecified atom stereocenters. The molecule has 0 radical (unpaired) electrons. The van der Waals surface area contributed by atoms with Crippen LogP contribution in [-0.4, -0.2) is 48.5 Å². The van der Waals surface area contributed by atoms with Crippen molar-refractivity contribution in [3.63, 3.8) is 0 Å². The van der Waals surface area contributed by atoms with Gasteiger partial charge in [0.05, 0.1) is 17.3 Å². The first-order valence-electron chi connectivity index (χ1n) is 10.4. The van der Waals surface area contributed by atoms with Gasteiger partial charge >= 0.3 is 0 Å². The maximum absolute atomic E-state index is 13.1. The number of benzene rings is 1. The SMILES string of the molecule is N#Cc1ccccc1-c1nc(N)c2cc(C(=O)N3CCCCC3)nn2c1-c1ccncn1. The fraction of sp³-hybridized carbons (Fsp3) is 0.217. The number of carbonyl (C=O) groups excluding carboxylic acids is 1. The van der Waals surface area contributed by atoms with Crippen molar-refractivity contribution < 1.29 is 4.79 Å². The minimum atomic E-state index is -0.125. The number of nitrogens with two attached hydrogens (primary N) is 1. The van der Waals surface area contributed by atoms with Gasteiger partial charge in [0.15, 0.2) is 5.69 Å². The van der Waals surface area contributed by atoms with E-state index < -0.39 is 0 Å². The van der Waals surface area contributed by atoms with E-state index in [4.69, 9.17) is 5.73 Å². The minimum Gasteiger partial charge on any atom is -0.382 e. The Labute approximate surface area is 184 Å². The van der Waals surface area contributed by atoms with E-state index in [0.29, 0.717) is 39.4 Å². The van der Waals surface area contributed by atoms with E-state index in [1.807, 2.05) is 11.0 Å². The van der Waals surface area contributed by atoms with Gasteiger partial charge in [0, 0.05) is 30.9 Å². The van der Waals surface area contributed by atoms with Gasteiger partial charge in [-0.2, -0.15) is 10.4 Å². The average Bonchev–Trinajstić information content (AvgIpc) is 3.30. The molecule has 1 saturated heterocycles. The number of nitrogen functional groups attached to an aromatic ring is 1. The zero-order chi connectivity index (χ0) is 22.1. The standard InChI is InChI=1S/C23H20N8O/c24-13-15-6-2-3-7-16(15)20-21(17-8-9-26-14-27-17)31-19(22(25)28-20)12-18(29-31)23(32)30-10-4-1-5-11-30/h2-3,6-9,12,14H,1,4-5,10-11H2,(H2,25,28). The fourth-order valence-corrected chi connectivity index (χ4v) is 4.06. The van der Waals surface area contributed by atoms with Gasteiger partial charge in [-0.25, -0.2) is 19.5 Å². The molecule has 1 aliphatic heterocycles. The fourth-order valence-electron chi connectivity index (χ4n) is 4.06. The number of amides is 1. The van der Waals surface area contributed by atoms with E-state index in [0.717, 1.165) is 32.4 Å². The number of hydrogen-bond donors (Lipinski definition) is 1. The van der Waals surface area contributed by atoms with Crippen LogP contribution in [0.15, 0.2) is 48.9 Å². The van der Waals surface area contributed by atoms with Crippen LogP contribution in [0.3, 0.4) is 0 Å². The minimum absolute atomic E-state index is 0.125. The molecule has 2 N–H and O–H groups in total. The smallest absolute Gasteiger partial charge is 0.274 e. The van der Waals surface area contributed by atoms with Crippen LogP contribution in [-0.2, 0) is 0 Å². The number of likely N-dealkylation sites (tertiary alicyclic amines) is 1. The van der Waals surface area contributed by atoms with Gasteiger partial charge in [0.25, 0.3) is 5.91 Å². The lowest BCUT2D eigenvalue weighted by molar-refractivity contribution is 0.0718. The zero-order valence-electron chi connectivity index (χ0n) is 17.3. The van der Waals surface area contributed by atoms with Crippen LogP contribution in [0.2, 0.25) is 0 Å². The molecule has 32 heavy (non-hydrogen) atoms. The zero-order valence-corrected chi connectivity index (χ0v) is 17.3. The van der Waals surface area contributed by atoms with Gasteiger partial charge in [-0.05, 0) is 31.4 Å². The third-order valence-corrected chi connectivity index (χ3v) is 5.63. The summed E-state index contributed by atoms with van der Waals surface area (Å²) in [6.07, 6.45) is 6.16. The van der Waals surface area contributed by atoms with Crippen molar-refractivity contribution in [3.05, 3.63) is 60.2 Å². The third-order valence-electron chi connectivity index (χ3n) is 5.63. The first kappa shape index (κ1) is 19.6. The highest BCUT2D eigenvalue weighted by atomic mass is 16.2. The van der Waals surface area contributed by atoms with Crippen LogP contribution in [0, 0.1) is 11.3 Å². The van der Waals surface area contributed by atoms with Gasteiger partial charge in [0.1, 0.15) is 29.0 Å². The highest BCUT2D eigenvalue weighted by Gasteiger charge is 2.25. The van der Waals surface area contributed by atoms with Crippen molar-refractivity contribution in [2.75, 3.05) is 18.8 Å². The Bertz CT molecular complexity index is 1350. The first-order valence-corrected chi connectivity index (χ1v) is 10.4. The molecule has 4 aromatic rings. The summed E-state index contributed by atoms with van der Waals surface area (Å²) in [5, 5.41) is 14.3. The maximum atomic E-state index is 13.1. The van der Waals surface area contributed by atoms with Crippen LogP contribution in [0.4, 0.5) is 5.82 Å². The molecule has 9 nitrogen and oxygen atoms in total. The Kier molecular flexibility index (Phi) is 4.95. The van der Waals surface area contributed by atoms with Crippen molar-refractivity contribution in [2.24, 2.45) is 0 Å². The summed E-state index contributed by atoms with van der Waals surface area (Å²) in [5.74, 6) is 0.0937. The lowest BCUT2D eigenvalue weighted by atomic mass is 10.0. The van der Waals surface area contributed by atoms with E-state index in [1.165, 1.54) is 6.33 Å². The number of aromatic nitrogens is 5. The van der Waals surface area contributed by atoms with Crippen LogP contribution in [0.25, 0.3) is 28.2 Å². The highest BCUT2D eigenvalue weighted by molar-refractivity contribution is 5.95. The maximum Gasteiger partial charge on any atom is 0.274 e. The van der Waals surface area contributed by atoms with E-state index in [2.05, 4.69) is 26.1 Å². The Morgan fingerprint density at radius 3 is 2.69 bits per heavy atom. The summed E-state index contributed by atoms with van der Waals surface area (Å²) in [4.78, 5) is 27.9. The molecule has 0 saturated carbocycles. The normalized spacial score (nSPS) is 13.8. The van der Waals surface area contributed by atoms with Crippen molar-refractivity contribution in [1.29, 1.82) is 5.26 Å². The lowest BCUT2D eigenvalue weighted by Crippen LogP contribution is -2.35. The number of piperidine rings is 1. The Balaban J connectivity index is 1.76. The largest absolute Gasteiger partial charge is 0.382 e. The predicted octanol–water partition coefficient (Wildman–Crippen LogP) is 2.93. The van der Waals surface area contributed by atoms with Crippen LogP contribution in [0.5, 0.6) is 0 Å². The van der Waals surface area contributed by atoms with Gasteiger partial charge < -0.3 is 10.6 Å². The highest BCUT2D eigenvalue weighted by Crippen LogP contribution is 2.34. The van der Waals surface area contributed by atoms with Gasteiger partial charge in [-0.1, -0.05) is 18.2 Å². The molecule has 0 bridgehead atoms. The number of carbonyl (C=O) groups is 1.